The van der Waals surface area contributed by atoms with Gasteiger partial charge in [-0.25, -0.2) is 0 Å². The van der Waals surface area contributed by atoms with Crippen molar-refractivity contribution in [3.8, 4) is 0 Å². The minimum absolute atomic E-state index is 0.310. The molecule has 1 heterocycles. The SMILES string of the molecule is CCc1c[nH]c(=S)n1CC1(N(C)C)CCCC1. The minimum Gasteiger partial charge on any atom is -0.337 e. The van der Waals surface area contributed by atoms with Crippen molar-refractivity contribution in [3.63, 3.8) is 0 Å². The van der Waals surface area contributed by atoms with E-state index in [-0.39, 0.29) is 0 Å². The van der Waals surface area contributed by atoms with Crippen LogP contribution in [0.2, 0.25) is 0 Å². The number of aromatic amines is 1. The quantitative estimate of drug-likeness (QED) is 0.834. The number of imidazole rings is 1. The number of H-pyrrole nitrogens is 1. The number of aryl methyl sites for hydroxylation is 1. The molecular formula is C13H23N3S. The Morgan fingerprint density at radius 1 is 1.41 bits per heavy atom. The molecular weight excluding hydrogens is 230 g/mol. The Labute approximate surface area is 109 Å². The van der Waals surface area contributed by atoms with Gasteiger partial charge in [0.15, 0.2) is 4.77 Å². The molecule has 0 atom stereocenters. The van der Waals surface area contributed by atoms with Crippen LogP contribution in [0.15, 0.2) is 6.20 Å². The molecule has 3 nitrogen and oxygen atoms in total. The molecule has 4 heteroatoms. The minimum atomic E-state index is 0.310. The van der Waals surface area contributed by atoms with E-state index in [0.717, 1.165) is 17.7 Å². The fraction of sp³-hybridized carbons (Fsp3) is 0.769. The second-order valence-corrected chi connectivity index (χ2v) is 5.74. The van der Waals surface area contributed by atoms with Gasteiger partial charge in [-0.2, -0.15) is 0 Å². The molecule has 1 aromatic rings. The van der Waals surface area contributed by atoms with Crippen molar-refractivity contribution in [1.82, 2.24) is 14.5 Å². The van der Waals surface area contributed by atoms with E-state index in [1.54, 1.807) is 0 Å². The average Bonchev–Trinajstić information content (AvgIpc) is 2.89. The Morgan fingerprint density at radius 3 is 2.59 bits per heavy atom. The van der Waals surface area contributed by atoms with Crippen molar-refractivity contribution >= 4 is 12.2 Å². The number of hydrogen-bond donors (Lipinski definition) is 1. The molecule has 0 spiro atoms. The maximum atomic E-state index is 5.40. The molecule has 2 rings (SSSR count). The lowest BCUT2D eigenvalue weighted by Gasteiger charge is -2.37. The highest BCUT2D eigenvalue weighted by Gasteiger charge is 2.36. The molecule has 0 saturated heterocycles. The molecule has 96 valence electrons. The fourth-order valence-corrected chi connectivity index (χ4v) is 3.21. The molecule has 1 aliphatic rings. The highest BCUT2D eigenvalue weighted by atomic mass is 32.1. The van der Waals surface area contributed by atoms with Crippen LogP contribution in [0, 0.1) is 4.77 Å². The summed E-state index contributed by atoms with van der Waals surface area (Å²) >= 11 is 5.40. The summed E-state index contributed by atoms with van der Waals surface area (Å²) in [6.07, 6.45) is 8.36. The summed E-state index contributed by atoms with van der Waals surface area (Å²) in [4.78, 5) is 5.57. The number of rotatable bonds is 4. The molecule has 1 aromatic heterocycles. The molecule has 1 aliphatic carbocycles. The molecule has 0 unspecified atom stereocenters. The Kier molecular flexibility index (Phi) is 3.73. The van der Waals surface area contributed by atoms with Crippen molar-refractivity contribution in [2.45, 2.75) is 51.1 Å². The zero-order valence-corrected chi connectivity index (χ0v) is 11.9. The van der Waals surface area contributed by atoms with Gasteiger partial charge in [-0.05, 0) is 45.6 Å². The lowest BCUT2D eigenvalue weighted by molar-refractivity contribution is 0.132. The third-order valence-corrected chi connectivity index (χ3v) is 4.59. The first-order valence-corrected chi connectivity index (χ1v) is 6.94. The van der Waals surface area contributed by atoms with Crippen molar-refractivity contribution in [1.29, 1.82) is 0 Å². The van der Waals surface area contributed by atoms with Crippen LogP contribution in [0.4, 0.5) is 0 Å². The molecule has 0 amide bonds. The van der Waals surface area contributed by atoms with E-state index in [1.165, 1.54) is 31.4 Å². The summed E-state index contributed by atoms with van der Waals surface area (Å²) in [7, 11) is 4.40. The lowest BCUT2D eigenvalue weighted by atomic mass is 9.96. The number of hydrogen-bond acceptors (Lipinski definition) is 2. The van der Waals surface area contributed by atoms with Gasteiger partial charge in [0, 0.05) is 24.0 Å². The standard InChI is InChI=1S/C13H23N3S/c1-4-11-9-14-12(17)16(11)10-13(15(2)3)7-5-6-8-13/h9H,4-8,10H2,1-3H3,(H,14,17). The second kappa shape index (κ2) is 4.94. The zero-order chi connectivity index (χ0) is 12.5. The van der Waals surface area contributed by atoms with Crippen LogP contribution in [0.1, 0.15) is 38.3 Å². The first-order chi connectivity index (χ1) is 8.09. The lowest BCUT2D eigenvalue weighted by Crippen LogP contribution is -2.45. The summed E-state index contributed by atoms with van der Waals surface area (Å²) in [5, 5.41) is 0. The van der Waals surface area contributed by atoms with Crippen LogP contribution >= 0.6 is 12.2 Å². The van der Waals surface area contributed by atoms with Gasteiger partial charge < -0.3 is 14.5 Å². The predicted octanol–water partition coefficient (Wildman–Crippen LogP) is 2.98. The summed E-state index contributed by atoms with van der Waals surface area (Å²) in [6, 6.07) is 0. The van der Waals surface area contributed by atoms with E-state index in [2.05, 4.69) is 41.7 Å². The third-order valence-electron chi connectivity index (χ3n) is 4.25. The van der Waals surface area contributed by atoms with E-state index in [0.29, 0.717) is 5.54 Å². The summed E-state index contributed by atoms with van der Waals surface area (Å²) in [6.45, 7) is 3.22. The van der Waals surface area contributed by atoms with Gasteiger partial charge in [-0.15, -0.1) is 0 Å². The molecule has 0 bridgehead atoms. The van der Waals surface area contributed by atoms with E-state index in [4.69, 9.17) is 12.2 Å². The first kappa shape index (κ1) is 12.8. The van der Waals surface area contributed by atoms with Crippen LogP contribution in [0.25, 0.3) is 0 Å². The van der Waals surface area contributed by atoms with Gasteiger partial charge in [-0.1, -0.05) is 19.8 Å². The van der Waals surface area contributed by atoms with Crippen LogP contribution in [0.5, 0.6) is 0 Å². The van der Waals surface area contributed by atoms with Crippen molar-refractivity contribution in [3.05, 3.63) is 16.7 Å². The predicted molar refractivity (Wildman–Crippen MR) is 73.9 cm³/mol. The normalized spacial score (nSPS) is 19.1. The summed E-state index contributed by atoms with van der Waals surface area (Å²) < 4.78 is 3.16. The van der Waals surface area contributed by atoms with Gasteiger partial charge in [0.1, 0.15) is 0 Å². The van der Waals surface area contributed by atoms with E-state index < -0.39 is 0 Å². The highest BCUT2D eigenvalue weighted by molar-refractivity contribution is 7.71. The van der Waals surface area contributed by atoms with Crippen LogP contribution in [-0.2, 0) is 13.0 Å². The van der Waals surface area contributed by atoms with Crippen LogP contribution < -0.4 is 0 Å². The number of aromatic nitrogens is 2. The summed E-state index contributed by atoms with van der Waals surface area (Å²) in [5.41, 5.74) is 1.63. The average molecular weight is 253 g/mol. The van der Waals surface area contributed by atoms with E-state index >= 15 is 0 Å². The largest absolute Gasteiger partial charge is 0.337 e. The highest BCUT2D eigenvalue weighted by Crippen LogP contribution is 2.35. The molecule has 0 aliphatic heterocycles. The first-order valence-electron chi connectivity index (χ1n) is 6.53. The van der Waals surface area contributed by atoms with Gasteiger partial charge in [0.05, 0.1) is 0 Å². The van der Waals surface area contributed by atoms with Crippen molar-refractivity contribution < 1.29 is 0 Å². The molecule has 1 saturated carbocycles. The molecule has 1 fully saturated rings. The Balaban J connectivity index is 2.29. The van der Waals surface area contributed by atoms with Gasteiger partial charge in [-0.3, -0.25) is 0 Å². The summed E-state index contributed by atoms with van der Waals surface area (Å²) in [5.74, 6) is 0. The smallest absolute Gasteiger partial charge is 0.177 e. The molecule has 0 aromatic carbocycles. The molecule has 1 N–H and O–H groups in total. The second-order valence-electron chi connectivity index (χ2n) is 5.35. The van der Waals surface area contributed by atoms with E-state index in [9.17, 15) is 0 Å². The maximum absolute atomic E-state index is 5.40. The maximum Gasteiger partial charge on any atom is 0.177 e. The molecule has 0 radical (unpaired) electrons. The Hall–Kier alpha value is -0.610. The number of nitrogens with one attached hydrogen (secondary N) is 1. The van der Waals surface area contributed by atoms with Crippen LogP contribution in [0.3, 0.4) is 0 Å². The van der Waals surface area contributed by atoms with Gasteiger partial charge in [0.25, 0.3) is 0 Å². The number of likely N-dealkylation sites (N-methyl/N-ethyl adjacent to an activating group) is 1. The zero-order valence-electron chi connectivity index (χ0n) is 11.1. The number of nitrogens with zero attached hydrogens (tertiary/aromatic N) is 2. The van der Waals surface area contributed by atoms with Crippen molar-refractivity contribution in [2.24, 2.45) is 0 Å². The Morgan fingerprint density at radius 2 is 2.06 bits per heavy atom. The molecule has 17 heavy (non-hydrogen) atoms. The Bertz CT molecular complexity index is 424. The monoisotopic (exact) mass is 253 g/mol. The topological polar surface area (TPSA) is 24.0 Å². The fourth-order valence-electron chi connectivity index (χ4n) is 2.97. The van der Waals surface area contributed by atoms with Gasteiger partial charge in [0.2, 0.25) is 0 Å². The van der Waals surface area contributed by atoms with Crippen LogP contribution in [-0.4, -0.2) is 34.1 Å². The van der Waals surface area contributed by atoms with Crippen molar-refractivity contribution in [2.75, 3.05) is 14.1 Å². The van der Waals surface area contributed by atoms with Gasteiger partial charge >= 0.3 is 0 Å². The van der Waals surface area contributed by atoms with E-state index in [1.807, 2.05) is 0 Å². The third kappa shape index (κ3) is 2.33.